The van der Waals surface area contributed by atoms with Gasteiger partial charge in [-0.3, -0.25) is 10.1 Å². The summed E-state index contributed by atoms with van der Waals surface area (Å²) in [6.07, 6.45) is 0. The molecule has 0 aliphatic rings. The lowest BCUT2D eigenvalue weighted by molar-refractivity contribution is 0.0977. The number of nitrogens with one attached hydrogen (secondary N) is 2. The van der Waals surface area contributed by atoms with Gasteiger partial charge in [0.2, 0.25) is 11.6 Å². The summed E-state index contributed by atoms with van der Waals surface area (Å²) in [4.78, 5) is 17.1. The number of ether oxygens (including phenoxy) is 3. The number of hydrogen-bond donors (Lipinski definition) is 3. The molecule has 4 aromatic rings. The van der Waals surface area contributed by atoms with E-state index < -0.39 is 5.91 Å². The molecule has 174 valence electrons. The molecule has 0 aliphatic heterocycles. The lowest BCUT2D eigenvalue weighted by atomic mass is 10.1. The number of rotatable bonds is 6. The Balaban J connectivity index is 1.48. The molecule has 1 heterocycles. The van der Waals surface area contributed by atoms with Gasteiger partial charge in [0.25, 0.3) is 5.91 Å². The summed E-state index contributed by atoms with van der Waals surface area (Å²) >= 11 is 5.25. The van der Waals surface area contributed by atoms with Crippen molar-refractivity contribution >= 4 is 40.0 Å². The Morgan fingerprint density at radius 3 is 2.32 bits per heavy atom. The van der Waals surface area contributed by atoms with Crippen molar-refractivity contribution in [1.82, 2.24) is 10.3 Å². The largest absolute Gasteiger partial charge is 0.507 e. The van der Waals surface area contributed by atoms with Crippen molar-refractivity contribution in [3.05, 3.63) is 60.2 Å². The fourth-order valence-corrected chi connectivity index (χ4v) is 3.54. The van der Waals surface area contributed by atoms with Gasteiger partial charge in [-0.15, -0.1) is 0 Å². The van der Waals surface area contributed by atoms with E-state index in [1.807, 2.05) is 18.2 Å². The molecule has 3 N–H and O–H groups in total. The average molecular weight is 480 g/mol. The number of amides is 1. The highest BCUT2D eigenvalue weighted by Crippen LogP contribution is 2.38. The summed E-state index contributed by atoms with van der Waals surface area (Å²) in [6, 6.07) is 15.1. The molecule has 1 aromatic heterocycles. The minimum Gasteiger partial charge on any atom is -0.507 e. The number of anilines is 1. The molecule has 0 aliphatic carbocycles. The van der Waals surface area contributed by atoms with Crippen LogP contribution in [0.25, 0.3) is 22.6 Å². The summed E-state index contributed by atoms with van der Waals surface area (Å²) in [5.41, 5.74) is 2.46. The number of para-hydroxylation sites is 2. The van der Waals surface area contributed by atoms with Crippen molar-refractivity contribution in [2.45, 2.75) is 0 Å². The van der Waals surface area contributed by atoms with Gasteiger partial charge < -0.3 is 29.1 Å². The Bertz CT molecular complexity index is 1330. The summed E-state index contributed by atoms with van der Waals surface area (Å²) < 4.78 is 21.5. The lowest BCUT2D eigenvalue weighted by Gasteiger charge is -2.15. The highest BCUT2D eigenvalue weighted by atomic mass is 32.1. The molecular formula is C24H21N3O6S. The van der Waals surface area contributed by atoms with Gasteiger partial charge in [0.1, 0.15) is 11.3 Å². The van der Waals surface area contributed by atoms with Crippen LogP contribution in [0.1, 0.15) is 10.4 Å². The molecule has 0 radical (unpaired) electrons. The maximum atomic E-state index is 12.7. The number of oxazole rings is 1. The van der Waals surface area contributed by atoms with Crippen LogP contribution in [-0.4, -0.2) is 42.4 Å². The van der Waals surface area contributed by atoms with Crippen molar-refractivity contribution in [2.24, 2.45) is 0 Å². The number of nitrogens with zero attached hydrogens (tertiary/aromatic N) is 1. The quantitative estimate of drug-likeness (QED) is 0.347. The number of aromatic nitrogens is 1. The number of hydrogen-bond acceptors (Lipinski definition) is 8. The molecule has 4 rings (SSSR count). The van der Waals surface area contributed by atoms with Crippen molar-refractivity contribution in [3.63, 3.8) is 0 Å². The Morgan fingerprint density at radius 2 is 1.71 bits per heavy atom. The Morgan fingerprint density at radius 1 is 1.00 bits per heavy atom. The first-order chi connectivity index (χ1) is 16.4. The monoisotopic (exact) mass is 479 g/mol. The lowest BCUT2D eigenvalue weighted by Crippen LogP contribution is -2.34. The number of benzene rings is 3. The third-order valence-corrected chi connectivity index (χ3v) is 5.14. The Kier molecular flexibility index (Phi) is 6.51. The normalized spacial score (nSPS) is 10.6. The van der Waals surface area contributed by atoms with Crippen LogP contribution in [0.3, 0.4) is 0 Å². The second-order valence-corrected chi connectivity index (χ2v) is 7.45. The fraction of sp³-hybridized carbons (Fsp3) is 0.125. The van der Waals surface area contributed by atoms with Crippen LogP contribution in [0.15, 0.2) is 59.0 Å². The zero-order valence-corrected chi connectivity index (χ0v) is 19.4. The van der Waals surface area contributed by atoms with E-state index in [-0.39, 0.29) is 16.4 Å². The van der Waals surface area contributed by atoms with E-state index in [0.717, 1.165) is 0 Å². The third-order valence-electron chi connectivity index (χ3n) is 4.93. The molecule has 3 aromatic carbocycles. The Labute approximate surface area is 200 Å². The minimum absolute atomic E-state index is 0.0350. The second-order valence-electron chi connectivity index (χ2n) is 7.04. The number of aromatic hydroxyl groups is 1. The van der Waals surface area contributed by atoms with Gasteiger partial charge in [-0.05, 0) is 48.6 Å². The van der Waals surface area contributed by atoms with Crippen molar-refractivity contribution in [3.8, 4) is 34.5 Å². The van der Waals surface area contributed by atoms with Crippen molar-refractivity contribution < 1.29 is 28.5 Å². The maximum absolute atomic E-state index is 12.7. The summed E-state index contributed by atoms with van der Waals surface area (Å²) in [6.45, 7) is 0. The molecule has 34 heavy (non-hydrogen) atoms. The van der Waals surface area contributed by atoms with Gasteiger partial charge >= 0.3 is 0 Å². The van der Waals surface area contributed by atoms with Crippen LogP contribution in [-0.2, 0) is 0 Å². The summed E-state index contributed by atoms with van der Waals surface area (Å²) in [5, 5.41) is 16.0. The SMILES string of the molecule is COc1cc(C(=O)NC(=S)Nc2ccc(-c3nc4ccccc4o3)c(O)c2)cc(OC)c1OC. The molecular weight excluding hydrogens is 458 g/mol. The first-order valence-electron chi connectivity index (χ1n) is 10.0. The molecule has 0 bridgehead atoms. The van der Waals surface area contributed by atoms with Gasteiger partial charge in [-0.25, -0.2) is 4.98 Å². The van der Waals surface area contributed by atoms with Crippen molar-refractivity contribution in [1.29, 1.82) is 0 Å². The summed E-state index contributed by atoms with van der Waals surface area (Å²) in [7, 11) is 4.40. The van der Waals surface area contributed by atoms with Crippen LogP contribution in [0.4, 0.5) is 5.69 Å². The predicted molar refractivity (Wildman–Crippen MR) is 131 cm³/mol. The molecule has 0 saturated heterocycles. The zero-order chi connectivity index (χ0) is 24.2. The standard InChI is InChI=1S/C24H21N3O6S/c1-30-19-10-13(11-20(31-2)21(19)32-3)22(29)27-24(34)25-14-8-9-15(17(28)12-14)23-26-16-6-4-5-7-18(16)33-23/h4-12,28H,1-3H3,(H2,25,27,29,34). The van der Waals surface area contributed by atoms with E-state index >= 15 is 0 Å². The minimum atomic E-state index is -0.482. The Hall–Kier alpha value is -4.31. The van der Waals surface area contributed by atoms with Crippen LogP contribution < -0.4 is 24.8 Å². The first kappa shape index (κ1) is 22.9. The summed E-state index contributed by atoms with van der Waals surface area (Å²) in [5.74, 6) is 0.802. The van der Waals surface area contributed by atoms with Gasteiger partial charge in [-0.2, -0.15) is 0 Å². The van der Waals surface area contributed by atoms with Gasteiger partial charge in [0.05, 0.1) is 26.9 Å². The molecule has 1 amide bonds. The average Bonchev–Trinajstić information content (AvgIpc) is 3.26. The number of methoxy groups -OCH3 is 3. The van der Waals surface area contributed by atoms with Crippen LogP contribution in [0.5, 0.6) is 23.0 Å². The van der Waals surface area contributed by atoms with E-state index in [2.05, 4.69) is 15.6 Å². The van der Waals surface area contributed by atoms with E-state index in [1.54, 1.807) is 18.2 Å². The second kappa shape index (κ2) is 9.67. The number of thiocarbonyl (C=S) groups is 1. The van der Waals surface area contributed by atoms with E-state index in [1.165, 1.54) is 39.5 Å². The fourth-order valence-electron chi connectivity index (χ4n) is 3.33. The highest BCUT2D eigenvalue weighted by molar-refractivity contribution is 7.80. The number of phenolic OH excluding ortho intramolecular Hbond substituents is 1. The highest BCUT2D eigenvalue weighted by Gasteiger charge is 2.18. The number of carbonyl (C=O) groups excluding carboxylic acids is 1. The van der Waals surface area contributed by atoms with E-state index in [4.69, 9.17) is 30.8 Å². The number of fused-ring (bicyclic) bond motifs is 1. The zero-order valence-electron chi connectivity index (χ0n) is 18.5. The molecule has 0 fully saturated rings. The molecule has 0 atom stereocenters. The van der Waals surface area contributed by atoms with Crippen LogP contribution in [0, 0.1) is 0 Å². The van der Waals surface area contributed by atoms with Gasteiger partial charge in [0, 0.05) is 17.3 Å². The van der Waals surface area contributed by atoms with Crippen LogP contribution in [0.2, 0.25) is 0 Å². The van der Waals surface area contributed by atoms with Crippen molar-refractivity contribution in [2.75, 3.05) is 26.6 Å². The molecule has 0 spiro atoms. The third kappa shape index (κ3) is 4.57. The smallest absolute Gasteiger partial charge is 0.257 e. The molecule has 9 nitrogen and oxygen atoms in total. The van der Waals surface area contributed by atoms with Crippen LogP contribution >= 0.6 is 12.2 Å². The predicted octanol–water partition coefficient (Wildman–Crippen LogP) is 4.35. The van der Waals surface area contributed by atoms with Gasteiger partial charge in [-0.1, -0.05) is 12.1 Å². The molecule has 10 heteroatoms. The number of carbonyl (C=O) groups is 1. The van der Waals surface area contributed by atoms with Gasteiger partial charge in [0.15, 0.2) is 22.2 Å². The molecule has 0 unspecified atom stereocenters. The topological polar surface area (TPSA) is 115 Å². The van der Waals surface area contributed by atoms with E-state index in [9.17, 15) is 9.90 Å². The maximum Gasteiger partial charge on any atom is 0.257 e. The van der Waals surface area contributed by atoms with E-state index in [0.29, 0.717) is 45.5 Å². The number of phenols is 1. The first-order valence-corrected chi connectivity index (χ1v) is 10.5. The molecule has 0 saturated carbocycles.